The van der Waals surface area contributed by atoms with Gasteiger partial charge in [-0.25, -0.2) is 23.7 Å². The van der Waals surface area contributed by atoms with Gasteiger partial charge in [-0.15, -0.1) is 21.5 Å². The molecule has 3 aromatic carbocycles. The Morgan fingerprint density at radius 2 is 1.62 bits per heavy atom. The minimum absolute atomic E-state index is 0.0482. The molecule has 372 valence electrons. The largest absolute Gasteiger partial charge is 0.391 e. The van der Waals surface area contributed by atoms with Crippen molar-refractivity contribution in [1.82, 2.24) is 55.9 Å². The molecule has 3 aromatic heterocycles. The van der Waals surface area contributed by atoms with E-state index in [2.05, 4.69) is 51.7 Å². The van der Waals surface area contributed by atoms with Gasteiger partial charge in [0, 0.05) is 75.0 Å². The van der Waals surface area contributed by atoms with E-state index in [1.165, 1.54) is 17.3 Å². The lowest BCUT2D eigenvalue weighted by molar-refractivity contribution is -0.144. The fraction of sp³-hybridized carbons (Fsp3) is 0.360. The molecule has 6 aromatic rings. The van der Waals surface area contributed by atoms with Gasteiger partial charge in [0.2, 0.25) is 23.6 Å². The van der Waals surface area contributed by atoms with Gasteiger partial charge < -0.3 is 41.2 Å². The molecule has 0 spiro atoms. The van der Waals surface area contributed by atoms with E-state index in [-0.39, 0.29) is 69.0 Å². The van der Waals surface area contributed by atoms with E-state index < -0.39 is 58.9 Å². The molecular formula is C50H56F2N12O6S. The van der Waals surface area contributed by atoms with Crippen molar-refractivity contribution in [2.24, 2.45) is 5.41 Å². The Bertz CT molecular complexity index is 2820. The van der Waals surface area contributed by atoms with E-state index in [1.54, 1.807) is 74.1 Å². The molecule has 1 aliphatic heterocycles. The number of carbonyl (C=O) groups excluding carboxylic acids is 5. The minimum Gasteiger partial charge on any atom is -0.391 e. The zero-order valence-electron chi connectivity index (χ0n) is 39.7. The molecule has 6 N–H and O–H groups in total. The van der Waals surface area contributed by atoms with Crippen LogP contribution in [0, 0.1) is 24.0 Å². The minimum atomic E-state index is -1.05. The molecule has 0 saturated carbocycles. The summed E-state index contributed by atoms with van der Waals surface area (Å²) >= 11 is 1.55. The summed E-state index contributed by atoms with van der Waals surface area (Å²) in [4.78, 5) is 81.9. The van der Waals surface area contributed by atoms with Gasteiger partial charge in [-0.2, -0.15) is 0 Å². The molecule has 4 heterocycles. The van der Waals surface area contributed by atoms with Crippen LogP contribution in [-0.4, -0.2) is 101 Å². The SMILES string of the molecule is Cc1ncsc1-c1ccc(CNC(=O)[C@@H]2C[C@@H](O)CN2C(=O)[C@@H](NC(=O)CCC(=O)NCCCn2c(CNc3cccc(C(=O)NCc4c(F)cccc4F)c3)nnc2-c2ccncn2)C(C)(C)C)cc1. The lowest BCUT2D eigenvalue weighted by Gasteiger charge is -2.35. The van der Waals surface area contributed by atoms with Gasteiger partial charge in [0.15, 0.2) is 11.6 Å². The predicted molar refractivity (Wildman–Crippen MR) is 261 cm³/mol. The van der Waals surface area contributed by atoms with E-state index in [1.807, 2.05) is 35.8 Å². The van der Waals surface area contributed by atoms with Crippen LogP contribution < -0.4 is 26.6 Å². The van der Waals surface area contributed by atoms with Gasteiger partial charge in [0.25, 0.3) is 5.91 Å². The molecule has 0 aliphatic carbocycles. The third-order valence-corrected chi connectivity index (χ3v) is 12.9. The standard InChI is InChI=1S/C50H56F2N12O6S/c1-30-44(71-29-59-30)32-14-12-31(13-15-32)24-56-48(69)40-23-35(65)27-64(40)49(70)45(50(2,3)4)60-43(67)17-16-42(66)54-19-7-21-63-41(61-62-46(63)39-18-20-53-28-58-39)26-55-34-9-5-8-33(22-34)47(68)57-25-36-37(51)10-6-11-38(36)52/h5-6,8-15,18,20,22,28-29,35,40,45,55,65H,7,16-17,19,21,23-27H2,1-4H3,(H,54,66)(H,56,69)(H,57,68)(H,60,67)/t35-,40+,45-/m1/s1. The number of nitrogens with one attached hydrogen (secondary N) is 5. The second kappa shape index (κ2) is 23.4. The molecule has 18 nitrogen and oxygen atoms in total. The third-order valence-electron chi connectivity index (χ3n) is 11.9. The molecule has 3 atom stereocenters. The van der Waals surface area contributed by atoms with E-state index in [4.69, 9.17) is 0 Å². The summed E-state index contributed by atoms with van der Waals surface area (Å²) in [5.74, 6) is -2.88. The smallest absolute Gasteiger partial charge is 0.251 e. The zero-order chi connectivity index (χ0) is 50.7. The maximum Gasteiger partial charge on any atom is 0.251 e. The highest BCUT2D eigenvalue weighted by atomic mass is 32.1. The second-order valence-corrected chi connectivity index (χ2v) is 19.0. The molecule has 0 bridgehead atoms. The van der Waals surface area contributed by atoms with Crippen molar-refractivity contribution in [2.45, 2.75) is 97.7 Å². The number of aromatic nitrogens is 6. The van der Waals surface area contributed by atoms with E-state index in [9.17, 15) is 37.9 Å². The van der Waals surface area contributed by atoms with Crippen LogP contribution in [0.2, 0.25) is 0 Å². The molecule has 0 unspecified atom stereocenters. The number of amides is 5. The van der Waals surface area contributed by atoms with E-state index in [0.717, 1.165) is 33.8 Å². The van der Waals surface area contributed by atoms with Crippen molar-refractivity contribution in [1.29, 1.82) is 0 Å². The van der Waals surface area contributed by atoms with Crippen molar-refractivity contribution in [3.8, 4) is 22.0 Å². The number of aliphatic hydroxyl groups is 1. The van der Waals surface area contributed by atoms with Crippen LogP contribution in [0.25, 0.3) is 22.0 Å². The number of nitrogens with zero attached hydrogens (tertiary/aromatic N) is 7. The summed E-state index contributed by atoms with van der Waals surface area (Å²) < 4.78 is 30.1. The normalized spacial score (nSPS) is 14.9. The average molecular weight is 991 g/mol. The average Bonchev–Trinajstić information content (AvgIpc) is 4.10. The van der Waals surface area contributed by atoms with Crippen LogP contribution in [0.4, 0.5) is 14.5 Å². The Hall–Kier alpha value is -7.52. The van der Waals surface area contributed by atoms with Crippen molar-refractivity contribution >= 4 is 46.6 Å². The number of halogens is 2. The first-order valence-corrected chi connectivity index (χ1v) is 24.0. The van der Waals surface area contributed by atoms with Gasteiger partial charge in [0.05, 0.1) is 28.7 Å². The first-order valence-electron chi connectivity index (χ1n) is 23.1. The van der Waals surface area contributed by atoms with Crippen LogP contribution in [0.3, 0.4) is 0 Å². The lowest BCUT2D eigenvalue weighted by Crippen LogP contribution is -2.57. The van der Waals surface area contributed by atoms with Crippen LogP contribution in [-0.2, 0) is 45.4 Å². The number of hydrogen-bond acceptors (Lipinski definition) is 13. The number of rotatable bonds is 20. The number of carbonyl (C=O) groups is 5. The molecule has 1 saturated heterocycles. The Morgan fingerprint density at radius 1 is 0.873 bits per heavy atom. The number of aryl methyl sites for hydroxylation is 1. The van der Waals surface area contributed by atoms with Crippen molar-refractivity contribution in [3.63, 3.8) is 0 Å². The van der Waals surface area contributed by atoms with Gasteiger partial charge in [-0.05, 0) is 66.3 Å². The molecule has 1 fully saturated rings. The Labute approximate surface area is 413 Å². The predicted octanol–water partition coefficient (Wildman–Crippen LogP) is 5.08. The fourth-order valence-electron chi connectivity index (χ4n) is 8.03. The fourth-order valence-corrected chi connectivity index (χ4v) is 8.84. The Balaban J connectivity index is 0.888. The van der Waals surface area contributed by atoms with Crippen LogP contribution in [0.5, 0.6) is 0 Å². The highest BCUT2D eigenvalue weighted by molar-refractivity contribution is 7.13. The number of thiazole rings is 1. The molecule has 1 aliphatic rings. The molecule has 5 amide bonds. The number of β-amino-alcohol motifs (C(OH)–C–C–N with tert-alkyl or cyclic N) is 1. The number of benzene rings is 3. The van der Waals surface area contributed by atoms with Gasteiger partial charge in [-0.3, -0.25) is 24.0 Å². The molecule has 21 heteroatoms. The number of likely N-dealkylation sites (tertiary alicyclic amines) is 1. The highest BCUT2D eigenvalue weighted by Gasteiger charge is 2.44. The maximum atomic E-state index is 14.1. The monoisotopic (exact) mass is 990 g/mol. The summed E-state index contributed by atoms with van der Waals surface area (Å²) in [6.45, 7) is 7.91. The van der Waals surface area contributed by atoms with Crippen LogP contribution in [0.1, 0.15) is 79.5 Å². The lowest BCUT2D eigenvalue weighted by atomic mass is 9.85. The number of anilines is 1. The maximum absolute atomic E-state index is 14.1. The van der Waals surface area contributed by atoms with Crippen LogP contribution in [0.15, 0.2) is 90.8 Å². The number of hydrogen-bond donors (Lipinski definition) is 6. The summed E-state index contributed by atoms with van der Waals surface area (Å²) in [6.07, 6.45) is 2.17. The quantitative estimate of drug-likeness (QED) is 0.0550. The third kappa shape index (κ3) is 13.4. The van der Waals surface area contributed by atoms with Crippen molar-refractivity contribution in [2.75, 3.05) is 18.4 Å². The second-order valence-electron chi connectivity index (χ2n) is 18.2. The first kappa shape index (κ1) is 51.3. The van der Waals surface area contributed by atoms with Crippen molar-refractivity contribution in [3.05, 3.63) is 131 Å². The van der Waals surface area contributed by atoms with E-state index >= 15 is 0 Å². The molecule has 0 radical (unpaired) electrons. The molecular weight excluding hydrogens is 935 g/mol. The Kier molecular flexibility index (Phi) is 16.9. The zero-order valence-corrected chi connectivity index (χ0v) is 40.6. The van der Waals surface area contributed by atoms with E-state index in [0.29, 0.717) is 36.0 Å². The van der Waals surface area contributed by atoms with Gasteiger partial charge in [-0.1, -0.05) is 57.2 Å². The van der Waals surface area contributed by atoms with Gasteiger partial charge in [0.1, 0.15) is 35.7 Å². The summed E-state index contributed by atoms with van der Waals surface area (Å²) in [5.41, 5.74) is 4.95. The summed E-state index contributed by atoms with van der Waals surface area (Å²) in [6, 6.07) is 17.6. The Morgan fingerprint density at radius 3 is 2.32 bits per heavy atom. The molecule has 7 rings (SSSR count). The number of aliphatic hydroxyl groups excluding tert-OH is 1. The van der Waals surface area contributed by atoms with Crippen molar-refractivity contribution < 1.29 is 37.9 Å². The van der Waals surface area contributed by atoms with Gasteiger partial charge >= 0.3 is 0 Å². The first-order chi connectivity index (χ1) is 34.0. The summed E-state index contributed by atoms with van der Waals surface area (Å²) in [5, 5.41) is 33.7. The highest BCUT2D eigenvalue weighted by Crippen LogP contribution is 2.29. The van der Waals surface area contributed by atoms with Crippen LogP contribution >= 0.6 is 11.3 Å². The topological polar surface area (TPSA) is 238 Å². The summed E-state index contributed by atoms with van der Waals surface area (Å²) in [7, 11) is 0. The molecule has 71 heavy (non-hydrogen) atoms.